The molecular formula is C16H13BrClNO2. The van der Waals surface area contributed by atoms with Gasteiger partial charge in [0.1, 0.15) is 5.75 Å². The van der Waals surface area contributed by atoms with E-state index in [9.17, 15) is 4.79 Å². The summed E-state index contributed by atoms with van der Waals surface area (Å²) in [7, 11) is 0. The second-order valence-electron chi connectivity index (χ2n) is 4.96. The molecule has 0 aliphatic carbocycles. The first-order valence-electron chi connectivity index (χ1n) is 6.57. The first kappa shape index (κ1) is 14.4. The smallest absolute Gasteiger partial charge is 0.255 e. The number of amides is 1. The number of halogens is 2. The van der Waals surface area contributed by atoms with Gasteiger partial charge in [-0.2, -0.15) is 0 Å². The lowest BCUT2D eigenvalue weighted by Gasteiger charge is -2.10. The van der Waals surface area contributed by atoms with E-state index >= 15 is 0 Å². The highest BCUT2D eigenvalue weighted by Crippen LogP contribution is 2.30. The van der Waals surface area contributed by atoms with Crippen LogP contribution in [0.15, 0.2) is 34.8 Å². The van der Waals surface area contributed by atoms with Gasteiger partial charge >= 0.3 is 0 Å². The van der Waals surface area contributed by atoms with Crippen molar-refractivity contribution in [2.45, 2.75) is 13.3 Å². The second kappa shape index (κ2) is 5.70. The Kier molecular flexibility index (Phi) is 3.91. The second-order valence-corrected chi connectivity index (χ2v) is 6.22. The number of hydrogen-bond acceptors (Lipinski definition) is 2. The van der Waals surface area contributed by atoms with Crippen molar-refractivity contribution < 1.29 is 9.53 Å². The van der Waals surface area contributed by atoms with Crippen molar-refractivity contribution in [3.63, 3.8) is 0 Å². The lowest BCUT2D eigenvalue weighted by molar-refractivity contribution is 0.102. The summed E-state index contributed by atoms with van der Waals surface area (Å²) in [6.45, 7) is 2.60. The van der Waals surface area contributed by atoms with Gasteiger partial charge in [0.2, 0.25) is 0 Å². The number of nitrogens with one attached hydrogen (secondary N) is 1. The Morgan fingerprint density at radius 2 is 2.14 bits per heavy atom. The number of anilines is 1. The molecule has 1 N–H and O–H groups in total. The van der Waals surface area contributed by atoms with Crippen LogP contribution in [-0.2, 0) is 6.42 Å². The molecule has 0 fully saturated rings. The minimum atomic E-state index is -0.162. The summed E-state index contributed by atoms with van der Waals surface area (Å²) >= 11 is 9.54. The minimum Gasteiger partial charge on any atom is -0.493 e. The molecule has 1 aliphatic heterocycles. The van der Waals surface area contributed by atoms with E-state index < -0.39 is 0 Å². The molecule has 2 aromatic carbocycles. The largest absolute Gasteiger partial charge is 0.493 e. The van der Waals surface area contributed by atoms with Crippen molar-refractivity contribution in [3.8, 4) is 5.75 Å². The fourth-order valence-electron chi connectivity index (χ4n) is 2.26. The summed E-state index contributed by atoms with van der Waals surface area (Å²) in [5, 5.41) is 3.50. The van der Waals surface area contributed by atoms with Crippen molar-refractivity contribution in [2.75, 3.05) is 11.9 Å². The Morgan fingerprint density at radius 3 is 2.95 bits per heavy atom. The lowest BCUT2D eigenvalue weighted by atomic mass is 10.1. The van der Waals surface area contributed by atoms with Crippen molar-refractivity contribution in [1.29, 1.82) is 0 Å². The fraction of sp³-hybridized carbons (Fsp3) is 0.188. The minimum absolute atomic E-state index is 0.162. The monoisotopic (exact) mass is 365 g/mol. The molecule has 0 spiro atoms. The molecule has 0 atom stereocenters. The molecular weight excluding hydrogens is 354 g/mol. The third-order valence-electron chi connectivity index (χ3n) is 3.45. The van der Waals surface area contributed by atoms with Crippen LogP contribution in [0.1, 0.15) is 21.5 Å². The average Bonchev–Trinajstić information content (AvgIpc) is 2.92. The molecule has 3 rings (SSSR count). The van der Waals surface area contributed by atoms with Crippen LogP contribution in [0.4, 0.5) is 5.69 Å². The third-order valence-corrected chi connectivity index (χ3v) is 4.51. The SMILES string of the molecule is Cc1cc(Br)c(NC(=O)c2ccc3c(c2)CCO3)cc1Cl. The Balaban J connectivity index is 1.85. The van der Waals surface area contributed by atoms with E-state index in [1.165, 1.54) is 0 Å². The Labute approximate surface area is 136 Å². The van der Waals surface area contributed by atoms with Crippen molar-refractivity contribution in [3.05, 3.63) is 56.5 Å². The maximum atomic E-state index is 12.3. The molecule has 0 unspecified atom stereocenters. The van der Waals surface area contributed by atoms with E-state index in [1.807, 2.05) is 25.1 Å². The van der Waals surface area contributed by atoms with Crippen LogP contribution in [0.2, 0.25) is 5.02 Å². The molecule has 3 nitrogen and oxygen atoms in total. The molecule has 0 aromatic heterocycles. The zero-order chi connectivity index (χ0) is 15.0. The number of benzene rings is 2. The first-order chi connectivity index (χ1) is 10.0. The maximum absolute atomic E-state index is 12.3. The van der Waals surface area contributed by atoms with Crippen molar-refractivity contribution in [1.82, 2.24) is 0 Å². The van der Waals surface area contributed by atoms with Crippen LogP contribution >= 0.6 is 27.5 Å². The zero-order valence-corrected chi connectivity index (χ0v) is 13.7. The maximum Gasteiger partial charge on any atom is 0.255 e. The Bertz CT molecular complexity index is 730. The molecule has 108 valence electrons. The van der Waals surface area contributed by atoms with Gasteiger partial charge in [0.05, 0.1) is 12.3 Å². The van der Waals surface area contributed by atoms with Crippen LogP contribution in [0.3, 0.4) is 0 Å². The summed E-state index contributed by atoms with van der Waals surface area (Å²) in [5.74, 6) is 0.705. The predicted molar refractivity (Wildman–Crippen MR) is 87.5 cm³/mol. The molecule has 0 bridgehead atoms. The number of ether oxygens (including phenoxy) is 1. The summed E-state index contributed by atoms with van der Waals surface area (Å²) < 4.78 is 6.25. The highest BCUT2D eigenvalue weighted by molar-refractivity contribution is 9.10. The first-order valence-corrected chi connectivity index (χ1v) is 7.74. The van der Waals surface area contributed by atoms with Crippen LogP contribution < -0.4 is 10.1 Å². The van der Waals surface area contributed by atoms with Crippen LogP contribution in [0.25, 0.3) is 0 Å². The quantitative estimate of drug-likeness (QED) is 0.843. The average molecular weight is 367 g/mol. The van der Waals surface area contributed by atoms with Gasteiger partial charge in [0.25, 0.3) is 5.91 Å². The topological polar surface area (TPSA) is 38.3 Å². The summed E-state index contributed by atoms with van der Waals surface area (Å²) in [5.41, 5.74) is 3.30. The van der Waals surface area contributed by atoms with Gasteiger partial charge in [-0.3, -0.25) is 4.79 Å². The number of carbonyl (C=O) groups excluding carboxylic acids is 1. The van der Waals surface area contributed by atoms with E-state index in [4.69, 9.17) is 16.3 Å². The van der Waals surface area contributed by atoms with E-state index in [0.29, 0.717) is 22.9 Å². The molecule has 21 heavy (non-hydrogen) atoms. The molecule has 1 amide bonds. The number of rotatable bonds is 2. The Morgan fingerprint density at radius 1 is 1.33 bits per heavy atom. The number of fused-ring (bicyclic) bond motifs is 1. The normalized spacial score (nSPS) is 12.7. The highest BCUT2D eigenvalue weighted by Gasteiger charge is 2.16. The van der Waals surface area contributed by atoms with Crippen molar-refractivity contribution in [2.24, 2.45) is 0 Å². The van der Waals surface area contributed by atoms with Gasteiger partial charge in [0, 0.05) is 21.5 Å². The highest BCUT2D eigenvalue weighted by atomic mass is 79.9. The molecule has 0 saturated heterocycles. The van der Waals surface area contributed by atoms with Crippen LogP contribution in [0, 0.1) is 6.92 Å². The molecule has 5 heteroatoms. The standard InChI is InChI=1S/C16H13BrClNO2/c1-9-6-12(17)14(8-13(9)18)19-16(20)11-2-3-15-10(7-11)4-5-21-15/h2-3,6-8H,4-5H2,1H3,(H,19,20). The van der Waals surface area contributed by atoms with Crippen LogP contribution in [0.5, 0.6) is 5.75 Å². The molecule has 1 heterocycles. The van der Waals surface area contributed by atoms with Gasteiger partial charge in [-0.1, -0.05) is 11.6 Å². The molecule has 1 aliphatic rings. The lowest BCUT2D eigenvalue weighted by Crippen LogP contribution is -2.12. The van der Waals surface area contributed by atoms with Gasteiger partial charge in [-0.25, -0.2) is 0 Å². The van der Waals surface area contributed by atoms with Gasteiger partial charge in [0.15, 0.2) is 0 Å². The predicted octanol–water partition coefficient (Wildman–Crippen LogP) is 4.60. The zero-order valence-electron chi connectivity index (χ0n) is 11.4. The van der Waals surface area contributed by atoms with E-state index in [1.54, 1.807) is 12.1 Å². The number of carbonyl (C=O) groups is 1. The molecule has 0 saturated carbocycles. The number of aryl methyl sites for hydroxylation is 1. The number of hydrogen-bond donors (Lipinski definition) is 1. The van der Waals surface area contributed by atoms with E-state index in [0.717, 1.165) is 27.8 Å². The third kappa shape index (κ3) is 2.92. The molecule has 2 aromatic rings. The summed E-state index contributed by atoms with van der Waals surface area (Å²) in [6.07, 6.45) is 0.844. The molecule has 0 radical (unpaired) electrons. The van der Waals surface area contributed by atoms with E-state index in [2.05, 4.69) is 21.2 Å². The Hall–Kier alpha value is -1.52. The fourth-order valence-corrected chi connectivity index (χ4v) is 2.98. The summed E-state index contributed by atoms with van der Waals surface area (Å²) in [6, 6.07) is 9.11. The van der Waals surface area contributed by atoms with Gasteiger partial charge in [-0.05, 0) is 64.3 Å². The van der Waals surface area contributed by atoms with Crippen LogP contribution in [-0.4, -0.2) is 12.5 Å². The van der Waals surface area contributed by atoms with Gasteiger partial charge in [-0.15, -0.1) is 0 Å². The summed E-state index contributed by atoms with van der Waals surface area (Å²) in [4.78, 5) is 12.3. The van der Waals surface area contributed by atoms with Gasteiger partial charge < -0.3 is 10.1 Å². The van der Waals surface area contributed by atoms with Crippen molar-refractivity contribution >= 4 is 39.1 Å². The van der Waals surface area contributed by atoms with E-state index in [-0.39, 0.29) is 5.91 Å².